The highest BCUT2D eigenvalue weighted by Gasteiger charge is 2.30. The third-order valence-corrected chi connectivity index (χ3v) is 5.63. The molecule has 4 nitrogen and oxygen atoms in total. The summed E-state index contributed by atoms with van der Waals surface area (Å²) in [5.74, 6) is 2.24. The smallest absolute Gasteiger partial charge is 0.156 e. The van der Waals surface area contributed by atoms with Crippen LogP contribution in [0.15, 0.2) is 16.6 Å². The van der Waals surface area contributed by atoms with E-state index >= 15 is 0 Å². The predicted octanol–water partition coefficient (Wildman–Crippen LogP) is 5.35. The van der Waals surface area contributed by atoms with Gasteiger partial charge in [-0.2, -0.15) is 0 Å². The van der Waals surface area contributed by atoms with Gasteiger partial charge in [-0.05, 0) is 69.4 Å². The summed E-state index contributed by atoms with van der Waals surface area (Å²) in [5, 5.41) is 3.61. The van der Waals surface area contributed by atoms with E-state index < -0.39 is 0 Å². The molecule has 0 saturated carbocycles. The normalized spacial score (nSPS) is 16.2. The van der Waals surface area contributed by atoms with Gasteiger partial charge in [0.1, 0.15) is 5.82 Å². The second-order valence-electron chi connectivity index (χ2n) is 7.16. The van der Waals surface area contributed by atoms with E-state index in [1.54, 1.807) is 0 Å². The minimum Gasteiger partial charge on any atom is -0.381 e. The highest BCUT2D eigenvalue weighted by atomic mass is 79.9. The maximum absolute atomic E-state index is 4.90. The fraction of sp³-hybridized carbons (Fsp3) is 0.524. The molecule has 0 aliphatic carbocycles. The maximum atomic E-state index is 4.90. The van der Waals surface area contributed by atoms with Crippen LogP contribution in [0, 0.1) is 20.8 Å². The third kappa shape index (κ3) is 3.59. The number of hydrogen-bond donors (Lipinski definition) is 1. The molecule has 0 spiro atoms. The Kier molecular flexibility index (Phi) is 5.86. The highest BCUT2D eigenvalue weighted by Crippen LogP contribution is 2.42. The molecule has 26 heavy (non-hydrogen) atoms. The Morgan fingerprint density at radius 2 is 1.85 bits per heavy atom. The molecule has 0 bridgehead atoms. The van der Waals surface area contributed by atoms with E-state index in [2.05, 4.69) is 66.0 Å². The van der Waals surface area contributed by atoms with Gasteiger partial charge >= 0.3 is 0 Å². The Bertz CT molecular complexity index is 780. The van der Waals surface area contributed by atoms with Crippen molar-refractivity contribution in [3.05, 3.63) is 44.8 Å². The van der Waals surface area contributed by atoms with Crippen molar-refractivity contribution in [2.75, 3.05) is 29.9 Å². The Hall–Kier alpha value is -1.62. The van der Waals surface area contributed by atoms with Crippen LogP contribution in [-0.2, 0) is 0 Å². The number of anilines is 2. The lowest BCUT2D eigenvalue weighted by atomic mass is 9.83. The molecule has 1 aliphatic heterocycles. The van der Waals surface area contributed by atoms with Crippen molar-refractivity contribution >= 4 is 27.4 Å². The van der Waals surface area contributed by atoms with Crippen molar-refractivity contribution in [2.45, 2.75) is 53.4 Å². The fourth-order valence-corrected chi connectivity index (χ4v) is 4.83. The van der Waals surface area contributed by atoms with Gasteiger partial charge in [0.2, 0.25) is 0 Å². The third-order valence-electron chi connectivity index (χ3n) is 5.18. The summed E-state index contributed by atoms with van der Waals surface area (Å²) in [6, 6.07) is 4.43. The van der Waals surface area contributed by atoms with E-state index in [0.717, 1.165) is 60.0 Å². The van der Waals surface area contributed by atoms with Crippen molar-refractivity contribution in [3.63, 3.8) is 0 Å². The predicted molar refractivity (Wildman–Crippen MR) is 114 cm³/mol. The number of fused-ring (bicyclic) bond motifs is 1. The molecule has 5 heteroatoms. The lowest BCUT2D eigenvalue weighted by molar-refractivity contribution is 0.673. The molecule has 1 aromatic carbocycles. The zero-order valence-electron chi connectivity index (χ0n) is 16.5. The van der Waals surface area contributed by atoms with E-state index in [1.165, 1.54) is 16.7 Å². The van der Waals surface area contributed by atoms with E-state index in [1.807, 2.05) is 6.92 Å². The van der Waals surface area contributed by atoms with Crippen LogP contribution in [0.4, 0.5) is 11.5 Å². The van der Waals surface area contributed by atoms with Crippen molar-refractivity contribution in [1.82, 2.24) is 9.97 Å². The van der Waals surface area contributed by atoms with E-state index in [4.69, 9.17) is 9.97 Å². The molecule has 1 atom stereocenters. The molecule has 0 fully saturated rings. The van der Waals surface area contributed by atoms with Crippen LogP contribution in [0.2, 0.25) is 0 Å². The van der Waals surface area contributed by atoms with Gasteiger partial charge in [-0.1, -0.05) is 22.9 Å². The number of aromatic nitrogens is 2. The summed E-state index contributed by atoms with van der Waals surface area (Å²) in [5.41, 5.74) is 6.35. The van der Waals surface area contributed by atoms with Crippen molar-refractivity contribution < 1.29 is 0 Å². The highest BCUT2D eigenvalue weighted by molar-refractivity contribution is 9.10. The Labute approximate surface area is 165 Å². The maximum Gasteiger partial charge on any atom is 0.156 e. The van der Waals surface area contributed by atoms with Crippen LogP contribution in [0.5, 0.6) is 0 Å². The number of nitrogens with one attached hydrogen (secondary N) is 1. The topological polar surface area (TPSA) is 41.1 Å². The zero-order chi connectivity index (χ0) is 18.8. The van der Waals surface area contributed by atoms with Gasteiger partial charge < -0.3 is 10.2 Å². The molecule has 1 aliphatic rings. The first-order valence-corrected chi connectivity index (χ1v) is 10.4. The van der Waals surface area contributed by atoms with E-state index in [9.17, 15) is 0 Å². The average Bonchev–Trinajstić information content (AvgIpc) is 2.58. The minimum absolute atomic E-state index is 0.320. The van der Waals surface area contributed by atoms with Crippen molar-refractivity contribution in [3.8, 4) is 0 Å². The SMILES string of the molecule is CCCN(CC)c1nc(C)nc2c1NCCC2c1c(C)cc(Br)cc1C. The van der Waals surface area contributed by atoms with Gasteiger partial charge in [0.15, 0.2) is 5.82 Å². The van der Waals surface area contributed by atoms with Gasteiger partial charge in [-0.25, -0.2) is 9.97 Å². The molecular weight excluding hydrogens is 388 g/mol. The Balaban J connectivity index is 2.15. The quantitative estimate of drug-likeness (QED) is 0.712. The summed E-state index contributed by atoms with van der Waals surface area (Å²) >= 11 is 3.63. The first-order chi connectivity index (χ1) is 12.5. The number of nitrogens with zero attached hydrogens (tertiary/aromatic N) is 3. The van der Waals surface area contributed by atoms with Crippen LogP contribution in [0.25, 0.3) is 0 Å². The number of benzene rings is 1. The summed E-state index contributed by atoms with van der Waals surface area (Å²) < 4.78 is 1.14. The molecule has 2 heterocycles. The van der Waals surface area contributed by atoms with Gasteiger partial charge in [0, 0.05) is 30.0 Å². The number of rotatable bonds is 5. The molecule has 1 N–H and O–H groups in total. The molecule has 0 amide bonds. The second kappa shape index (κ2) is 7.95. The van der Waals surface area contributed by atoms with Crippen molar-refractivity contribution in [2.24, 2.45) is 0 Å². The van der Waals surface area contributed by atoms with Crippen molar-refractivity contribution in [1.29, 1.82) is 0 Å². The van der Waals surface area contributed by atoms with Gasteiger partial charge in [-0.3, -0.25) is 0 Å². The van der Waals surface area contributed by atoms with Gasteiger partial charge in [0.25, 0.3) is 0 Å². The standard InChI is InChI=1S/C21H29BrN4/c1-6-10-26(7-2)21-20-19(24-15(5)25-21)17(8-9-23-20)18-13(3)11-16(22)12-14(18)4/h11-12,17,23H,6-10H2,1-5H3. The molecular formula is C21H29BrN4. The molecule has 1 aromatic heterocycles. The fourth-order valence-electron chi connectivity index (χ4n) is 4.14. The molecule has 1 unspecified atom stereocenters. The summed E-state index contributed by atoms with van der Waals surface area (Å²) in [4.78, 5) is 12.1. The minimum atomic E-state index is 0.320. The summed E-state index contributed by atoms with van der Waals surface area (Å²) in [6.45, 7) is 13.8. The van der Waals surface area contributed by atoms with Crippen LogP contribution >= 0.6 is 15.9 Å². The summed E-state index contributed by atoms with van der Waals surface area (Å²) in [6.07, 6.45) is 2.17. The molecule has 2 aromatic rings. The lowest BCUT2D eigenvalue weighted by Gasteiger charge is -2.32. The molecule has 3 rings (SSSR count). The average molecular weight is 417 g/mol. The molecule has 0 saturated heterocycles. The first-order valence-electron chi connectivity index (χ1n) is 9.60. The monoisotopic (exact) mass is 416 g/mol. The van der Waals surface area contributed by atoms with E-state index in [-0.39, 0.29) is 0 Å². The molecule has 140 valence electrons. The van der Waals surface area contributed by atoms with Gasteiger partial charge in [-0.15, -0.1) is 0 Å². The Morgan fingerprint density at radius 1 is 1.15 bits per heavy atom. The number of halogens is 1. The summed E-state index contributed by atoms with van der Waals surface area (Å²) in [7, 11) is 0. The van der Waals surface area contributed by atoms with Gasteiger partial charge in [0.05, 0.1) is 11.4 Å². The first kappa shape index (κ1) is 19.2. The lowest BCUT2D eigenvalue weighted by Crippen LogP contribution is -2.29. The largest absolute Gasteiger partial charge is 0.381 e. The molecule has 0 radical (unpaired) electrons. The van der Waals surface area contributed by atoms with Crippen LogP contribution in [-0.4, -0.2) is 29.6 Å². The number of aryl methyl sites for hydroxylation is 3. The number of hydrogen-bond acceptors (Lipinski definition) is 4. The van der Waals surface area contributed by atoms with Crippen LogP contribution < -0.4 is 10.2 Å². The van der Waals surface area contributed by atoms with Crippen LogP contribution in [0.1, 0.15) is 60.8 Å². The van der Waals surface area contributed by atoms with E-state index in [0.29, 0.717) is 5.92 Å². The second-order valence-corrected chi connectivity index (χ2v) is 8.07. The zero-order valence-corrected chi connectivity index (χ0v) is 18.1. The van der Waals surface area contributed by atoms with Crippen LogP contribution in [0.3, 0.4) is 0 Å². The Morgan fingerprint density at radius 3 is 2.46 bits per heavy atom.